The van der Waals surface area contributed by atoms with Gasteiger partial charge < -0.3 is 0 Å². The van der Waals surface area contributed by atoms with Gasteiger partial charge in [-0.3, -0.25) is 0 Å². The molecule has 0 saturated heterocycles. The van der Waals surface area contributed by atoms with E-state index >= 15 is 0 Å². The summed E-state index contributed by atoms with van der Waals surface area (Å²) in [6, 6.07) is 6.24. The maximum atomic E-state index is 10.3. The Bertz CT molecular complexity index is 431. The molecule has 1 aliphatic rings. The third-order valence-corrected chi connectivity index (χ3v) is 3.69. The van der Waals surface area contributed by atoms with Crippen LogP contribution in [0, 0.1) is 0 Å². The Morgan fingerprint density at radius 1 is 1.53 bits per heavy atom. The molecular formula is C12H12BrNO. The number of carbonyl (C=O) groups excluding carboxylic acids is 1. The summed E-state index contributed by atoms with van der Waals surface area (Å²) in [6.07, 6.45) is 4.60. The Kier molecular flexibility index (Phi) is 2.76. The van der Waals surface area contributed by atoms with Crippen LogP contribution in [-0.2, 0) is 16.8 Å². The highest BCUT2D eigenvalue weighted by Gasteiger charge is 2.44. The van der Waals surface area contributed by atoms with Crippen LogP contribution >= 0.6 is 15.9 Å². The molecule has 0 heterocycles. The Hall–Kier alpha value is -0.920. The summed E-state index contributed by atoms with van der Waals surface area (Å²) in [5, 5.41) is 0. The number of hydrogen-bond acceptors (Lipinski definition) is 2. The van der Waals surface area contributed by atoms with Crippen LogP contribution in [0.1, 0.15) is 30.9 Å². The van der Waals surface area contributed by atoms with Gasteiger partial charge in [-0.2, -0.15) is 4.99 Å². The third kappa shape index (κ3) is 1.90. The first-order chi connectivity index (χ1) is 7.22. The predicted molar refractivity (Wildman–Crippen MR) is 62.6 cm³/mol. The van der Waals surface area contributed by atoms with E-state index in [2.05, 4.69) is 46.0 Å². The number of aliphatic imine (C=N–C) groups is 1. The Morgan fingerprint density at radius 2 is 2.27 bits per heavy atom. The summed E-state index contributed by atoms with van der Waals surface area (Å²) in [5.41, 5.74) is 2.15. The number of nitrogens with zero attached hydrogens (tertiary/aromatic N) is 1. The lowest BCUT2D eigenvalue weighted by molar-refractivity contribution is 0.556. The Labute approximate surface area is 97.5 Å². The average molecular weight is 266 g/mol. The summed E-state index contributed by atoms with van der Waals surface area (Å²) in [6.45, 7) is 2.12. The van der Waals surface area contributed by atoms with Gasteiger partial charge in [0.05, 0.1) is 5.54 Å². The van der Waals surface area contributed by atoms with Crippen LogP contribution in [0.5, 0.6) is 0 Å². The minimum absolute atomic E-state index is 0.253. The normalized spacial score (nSPS) is 16.9. The molecule has 0 spiro atoms. The van der Waals surface area contributed by atoms with Gasteiger partial charge in [0.1, 0.15) is 0 Å². The monoisotopic (exact) mass is 265 g/mol. The van der Waals surface area contributed by atoms with Crippen molar-refractivity contribution in [2.24, 2.45) is 4.99 Å². The molecule has 0 aliphatic heterocycles. The van der Waals surface area contributed by atoms with E-state index in [1.54, 1.807) is 6.08 Å². The highest BCUT2D eigenvalue weighted by Crippen LogP contribution is 2.49. The maximum absolute atomic E-state index is 10.3. The van der Waals surface area contributed by atoms with E-state index in [9.17, 15) is 4.79 Å². The van der Waals surface area contributed by atoms with Crippen molar-refractivity contribution in [3.05, 3.63) is 33.8 Å². The summed E-state index contributed by atoms with van der Waals surface area (Å²) in [5.74, 6) is 0. The van der Waals surface area contributed by atoms with Gasteiger partial charge in [0, 0.05) is 4.47 Å². The molecule has 0 radical (unpaired) electrons. The van der Waals surface area contributed by atoms with Crippen LogP contribution in [-0.4, -0.2) is 6.08 Å². The lowest BCUT2D eigenvalue weighted by Gasteiger charge is -2.10. The van der Waals surface area contributed by atoms with E-state index in [-0.39, 0.29) is 5.54 Å². The number of benzene rings is 1. The highest BCUT2D eigenvalue weighted by atomic mass is 79.9. The second-order valence-corrected chi connectivity index (χ2v) is 4.75. The molecule has 1 saturated carbocycles. The van der Waals surface area contributed by atoms with Gasteiger partial charge in [0.15, 0.2) is 0 Å². The van der Waals surface area contributed by atoms with Crippen LogP contribution in [0.15, 0.2) is 27.7 Å². The van der Waals surface area contributed by atoms with Crippen molar-refractivity contribution < 1.29 is 4.79 Å². The number of rotatable bonds is 3. The molecule has 2 rings (SSSR count). The average Bonchev–Trinajstić information content (AvgIpc) is 2.99. The molecule has 1 aromatic rings. The lowest BCUT2D eigenvalue weighted by Crippen LogP contribution is -2.02. The molecule has 0 aromatic heterocycles. The zero-order valence-corrected chi connectivity index (χ0v) is 10.2. The minimum Gasteiger partial charge on any atom is -0.211 e. The first-order valence-electron chi connectivity index (χ1n) is 5.10. The van der Waals surface area contributed by atoms with Gasteiger partial charge in [-0.05, 0) is 36.5 Å². The molecule has 0 unspecified atom stereocenters. The van der Waals surface area contributed by atoms with Crippen molar-refractivity contribution in [3.8, 4) is 0 Å². The molecule has 1 aromatic carbocycles. The van der Waals surface area contributed by atoms with Crippen molar-refractivity contribution in [2.75, 3.05) is 0 Å². The number of hydrogen-bond donors (Lipinski definition) is 0. The summed E-state index contributed by atoms with van der Waals surface area (Å²) in [4.78, 5) is 14.2. The van der Waals surface area contributed by atoms with Crippen LogP contribution in [0.3, 0.4) is 0 Å². The van der Waals surface area contributed by atoms with Crippen LogP contribution in [0.2, 0.25) is 0 Å². The maximum Gasteiger partial charge on any atom is 0.235 e. The fourth-order valence-corrected chi connectivity index (χ4v) is 2.45. The number of halogens is 1. The van der Waals surface area contributed by atoms with E-state index in [0.717, 1.165) is 29.3 Å². The molecule has 78 valence electrons. The van der Waals surface area contributed by atoms with Gasteiger partial charge in [-0.25, -0.2) is 4.79 Å². The van der Waals surface area contributed by atoms with Crippen molar-refractivity contribution in [1.82, 2.24) is 0 Å². The smallest absolute Gasteiger partial charge is 0.211 e. The second kappa shape index (κ2) is 3.92. The highest BCUT2D eigenvalue weighted by molar-refractivity contribution is 9.10. The largest absolute Gasteiger partial charge is 0.235 e. The fourth-order valence-electron chi connectivity index (χ4n) is 1.79. The molecule has 1 aliphatic carbocycles. The molecule has 0 N–H and O–H groups in total. The molecule has 15 heavy (non-hydrogen) atoms. The lowest BCUT2D eigenvalue weighted by atomic mass is 10.0. The van der Waals surface area contributed by atoms with Gasteiger partial charge in [-0.1, -0.05) is 35.0 Å². The van der Waals surface area contributed by atoms with Crippen molar-refractivity contribution in [2.45, 2.75) is 31.7 Å². The van der Waals surface area contributed by atoms with Gasteiger partial charge in [-0.15, -0.1) is 0 Å². The topological polar surface area (TPSA) is 29.4 Å². The predicted octanol–water partition coefficient (Wildman–Crippen LogP) is 3.34. The van der Waals surface area contributed by atoms with Crippen molar-refractivity contribution >= 4 is 22.0 Å². The van der Waals surface area contributed by atoms with E-state index in [4.69, 9.17) is 0 Å². The Balaban J connectivity index is 2.38. The molecule has 0 amide bonds. The van der Waals surface area contributed by atoms with E-state index in [1.165, 1.54) is 5.56 Å². The first kappa shape index (κ1) is 10.6. The summed E-state index contributed by atoms with van der Waals surface area (Å²) < 4.78 is 1.11. The molecule has 0 atom stereocenters. The van der Waals surface area contributed by atoms with Crippen LogP contribution < -0.4 is 0 Å². The van der Waals surface area contributed by atoms with E-state index in [0.29, 0.717) is 0 Å². The summed E-state index contributed by atoms with van der Waals surface area (Å²) >= 11 is 3.54. The summed E-state index contributed by atoms with van der Waals surface area (Å²) in [7, 11) is 0. The molecule has 0 bridgehead atoms. The van der Waals surface area contributed by atoms with Crippen molar-refractivity contribution in [3.63, 3.8) is 0 Å². The van der Waals surface area contributed by atoms with Crippen molar-refractivity contribution in [1.29, 1.82) is 0 Å². The zero-order valence-electron chi connectivity index (χ0n) is 8.59. The number of isocyanates is 1. The van der Waals surface area contributed by atoms with Gasteiger partial charge >= 0.3 is 0 Å². The van der Waals surface area contributed by atoms with Gasteiger partial charge in [0.25, 0.3) is 0 Å². The van der Waals surface area contributed by atoms with Crippen LogP contribution in [0.4, 0.5) is 0 Å². The second-order valence-electron chi connectivity index (χ2n) is 3.89. The third-order valence-electron chi connectivity index (χ3n) is 2.95. The standard InChI is InChI=1S/C12H12BrNO/c1-2-9-3-4-10(7-11(9)13)12(5-6-12)14-8-15/h3-4,7H,2,5-6H2,1H3. The van der Waals surface area contributed by atoms with Crippen LogP contribution in [0.25, 0.3) is 0 Å². The molecule has 3 heteroatoms. The fraction of sp³-hybridized carbons (Fsp3) is 0.417. The minimum atomic E-state index is -0.253. The zero-order chi connectivity index (χ0) is 10.9. The number of aryl methyl sites for hydroxylation is 1. The quantitative estimate of drug-likeness (QED) is 0.609. The molecule has 2 nitrogen and oxygen atoms in total. The molecular weight excluding hydrogens is 254 g/mol. The molecule has 1 fully saturated rings. The van der Waals surface area contributed by atoms with E-state index in [1.807, 2.05) is 0 Å². The van der Waals surface area contributed by atoms with E-state index < -0.39 is 0 Å². The first-order valence-corrected chi connectivity index (χ1v) is 5.89. The Morgan fingerprint density at radius 3 is 2.73 bits per heavy atom. The van der Waals surface area contributed by atoms with Gasteiger partial charge in [0.2, 0.25) is 6.08 Å². The SMILES string of the molecule is CCc1ccc(C2(N=C=O)CC2)cc1Br.